The van der Waals surface area contributed by atoms with Crippen LogP contribution < -0.4 is 5.32 Å². The Morgan fingerprint density at radius 1 is 0.970 bits per heavy atom. The Balaban J connectivity index is 1.32. The zero-order chi connectivity index (χ0) is 23.5. The van der Waals surface area contributed by atoms with Crippen molar-refractivity contribution in [3.05, 3.63) is 94.8 Å². The average molecular weight is 448 g/mol. The number of hydrogen-bond acceptors (Lipinski definition) is 4. The Hall–Kier alpha value is -3.55. The highest BCUT2D eigenvalue weighted by Crippen LogP contribution is 2.25. The summed E-state index contributed by atoms with van der Waals surface area (Å²) in [6, 6.07) is 19.5. The lowest BCUT2D eigenvalue weighted by atomic mass is 9.99. The Labute approximate surface area is 191 Å². The minimum absolute atomic E-state index is 0.120. The number of benzene rings is 3. The molecule has 3 aromatic rings. The summed E-state index contributed by atoms with van der Waals surface area (Å²) in [7, 11) is 0. The fourth-order valence-electron chi connectivity index (χ4n) is 4.00. The summed E-state index contributed by atoms with van der Waals surface area (Å²) in [4.78, 5) is 26.3. The van der Waals surface area contributed by atoms with Gasteiger partial charge in [0, 0.05) is 19.6 Å². The molecule has 0 bridgehead atoms. The molecule has 33 heavy (non-hydrogen) atoms. The first kappa shape index (κ1) is 22.6. The topological polar surface area (TPSA) is 89.9 Å². The van der Waals surface area contributed by atoms with E-state index in [2.05, 4.69) is 5.32 Å². The first-order chi connectivity index (χ1) is 15.8. The lowest BCUT2D eigenvalue weighted by Gasteiger charge is -2.22. The molecule has 0 saturated carbocycles. The van der Waals surface area contributed by atoms with Crippen LogP contribution >= 0.6 is 0 Å². The van der Waals surface area contributed by atoms with Gasteiger partial charge >= 0.3 is 0 Å². The molecule has 0 fully saturated rings. The predicted octanol–water partition coefficient (Wildman–Crippen LogP) is 2.68. The van der Waals surface area contributed by atoms with Crippen LogP contribution in [0.1, 0.15) is 22.3 Å². The van der Waals surface area contributed by atoms with Crippen molar-refractivity contribution in [1.29, 1.82) is 0 Å². The van der Waals surface area contributed by atoms with Crippen molar-refractivity contribution >= 4 is 11.8 Å². The van der Waals surface area contributed by atoms with Crippen molar-refractivity contribution < 1.29 is 24.2 Å². The molecule has 2 atom stereocenters. The molecule has 2 amide bonds. The molecule has 0 spiro atoms. The van der Waals surface area contributed by atoms with Crippen LogP contribution in [0.4, 0.5) is 4.39 Å². The maximum absolute atomic E-state index is 13.3. The van der Waals surface area contributed by atoms with Crippen molar-refractivity contribution in [1.82, 2.24) is 10.2 Å². The summed E-state index contributed by atoms with van der Waals surface area (Å²) in [6.07, 6.45) is -3.72. The maximum Gasteiger partial charge on any atom is 0.255 e. The van der Waals surface area contributed by atoms with Crippen LogP contribution in [0, 0.1) is 12.7 Å². The van der Waals surface area contributed by atoms with Gasteiger partial charge in [-0.05, 0) is 52.4 Å². The molecule has 4 rings (SSSR count). The smallest absolute Gasteiger partial charge is 0.255 e. The number of amides is 2. The van der Waals surface area contributed by atoms with Gasteiger partial charge in [-0.1, -0.05) is 54.6 Å². The van der Waals surface area contributed by atoms with Crippen molar-refractivity contribution in [3.63, 3.8) is 0 Å². The molecule has 1 aliphatic heterocycles. The van der Waals surface area contributed by atoms with Gasteiger partial charge in [-0.3, -0.25) is 9.59 Å². The average Bonchev–Trinajstić information content (AvgIpc) is 3.26. The zero-order valence-electron chi connectivity index (χ0n) is 18.2. The van der Waals surface area contributed by atoms with Gasteiger partial charge in [-0.2, -0.15) is 0 Å². The lowest BCUT2D eigenvalue weighted by molar-refractivity contribution is -0.153. The van der Waals surface area contributed by atoms with Gasteiger partial charge in [-0.25, -0.2) is 4.39 Å². The van der Waals surface area contributed by atoms with E-state index in [1.165, 1.54) is 17.0 Å². The van der Waals surface area contributed by atoms with Crippen molar-refractivity contribution in [2.24, 2.45) is 0 Å². The minimum Gasteiger partial charge on any atom is -0.380 e. The molecule has 0 aromatic heterocycles. The third-order valence-electron chi connectivity index (χ3n) is 5.89. The fourth-order valence-corrected chi connectivity index (χ4v) is 4.00. The van der Waals surface area contributed by atoms with Crippen molar-refractivity contribution in [2.45, 2.75) is 38.8 Å². The largest absolute Gasteiger partial charge is 0.380 e. The van der Waals surface area contributed by atoms with Gasteiger partial charge in [-0.15, -0.1) is 0 Å². The van der Waals surface area contributed by atoms with E-state index >= 15 is 0 Å². The molecule has 3 N–H and O–H groups in total. The van der Waals surface area contributed by atoms with Gasteiger partial charge in [0.1, 0.15) is 5.82 Å². The molecule has 6 nitrogen and oxygen atoms in total. The molecule has 3 aromatic carbocycles. The Morgan fingerprint density at radius 3 is 2.21 bits per heavy atom. The summed E-state index contributed by atoms with van der Waals surface area (Å²) in [5.74, 6) is -1.80. The highest BCUT2D eigenvalue weighted by molar-refractivity contribution is 5.91. The first-order valence-electron chi connectivity index (χ1n) is 10.7. The van der Waals surface area contributed by atoms with Crippen LogP contribution in [0.5, 0.6) is 0 Å². The van der Waals surface area contributed by atoms with Gasteiger partial charge < -0.3 is 20.4 Å². The van der Waals surface area contributed by atoms with E-state index in [1.54, 1.807) is 6.07 Å². The zero-order valence-corrected chi connectivity index (χ0v) is 18.2. The summed E-state index contributed by atoms with van der Waals surface area (Å²) in [5, 5.41) is 23.0. The van der Waals surface area contributed by atoms with Gasteiger partial charge in [0.05, 0.1) is 0 Å². The standard InChI is InChI=1S/C26H25FN2O4/c1-16-12-21(27)10-11-22(16)18-8-6-17(7-9-18)13-28-25(32)23(30)24(31)26(33)29-14-19-4-2-3-5-20(19)15-29/h2-12,23-24,30-31H,13-15H2,1H3,(H,28,32). The third kappa shape index (κ3) is 4.94. The Kier molecular flexibility index (Phi) is 6.53. The maximum atomic E-state index is 13.3. The van der Waals surface area contributed by atoms with Gasteiger partial charge in [0.2, 0.25) is 0 Å². The number of fused-ring (bicyclic) bond motifs is 1. The summed E-state index contributed by atoms with van der Waals surface area (Å²) in [6.45, 7) is 2.62. The van der Waals surface area contributed by atoms with E-state index in [0.29, 0.717) is 13.1 Å². The molecule has 0 radical (unpaired) electrons. The number of aliphatic hydroxyl groups is 2. The van der Waals surface area contributed by atoms with Crippen LogP contribution in [0.15, 0.2) is 66.7 Å². The Morgan fingerprint density at radius 2 is 1.61 bits per heavy atom. The SMILES string of the molecule is Cc1cc(F)ccc1-c1ccc(CNC(=O)C(O)C(O)C(=O)N2Cc3ccccc3C2)cc1. The number of nitrogens with zero attached hydrogens (tertiary/aromatic N) is 1. The van der Waals surface area contributed by atoms with E-state index in [-0.39, 0.29) is 12.4 Å². The molecule has 7 heteroatoms. The fraction of sp³-hybridized carbons (Fsp3) is 0.231. The summed E-state index contributed by atoms with van der Waals surface area (Å²) >= 11 is 0. The number of aliphatic hydroxyl groups excluding tert-OH is 2. The number of hydrogen-bond donors (Lipinski definition) is 3. The van der Waals surface area contributed by atoms with E-state index in [4.69, 9.17) is 0 Å². The number of halogens is 1. The van der Waals surface area contributed by atoms with Crippen LogP contribution in [0.2, 0.25) is 0 Å². The molecular formula is C26H25FN2O4. The quantitative estimate of drug-likeness (QED) is 0.541. The van der Waals surface area contributed by atoms with E-state index in [1.807, 2.05) is 55.5 Å². The molecule has 0 aliphatic carbocycles. The van der Waals surface area contributed by atoms with Crippen LogP contribution in [-0.2, 0) is 29.2 Å². The number of nitrogens with one attached hydrogen (secondary N) is 1. The van der Waals surface area contributed by atoms with Crippen LogP contribution in [-0.4, -0.2) is 39.1 Å². The van der Waals surface area contributed by atoms with Crippen LogP contribution in [0.3, 0.4) is 0 Å². The van der Waals surface area contributed by atoms with E-state index in [9.17, 15) is 24.2 Å². The predicted molar refractivity (Wildman–Crippen MR) is 121 cm³/mol. The molecule has 170 valence electrons. The molecule has 1 heterocycles. The Bertz CT molecular complexity index is 1150. The van der Waals surface area contributed by atoms with E-state index < -0.39 is 24.0 Å². The van der Waals surface area contributed by atoms with Crippen molar-refractivity contribution in [3.8, 4) is 11.1 Å². The summed E-state index contributed by atoms with van der Waals surface area (Å²) < 4.78 is 13.3. The number of rotatable bonds is 6. The van der Waals surface area contributed by atoms with Crippen LogP contribution in [0.25, 0.3) is 11.1 Å². The second-order valence-electron chi connectivity index (χ2n) is 8.23. The number of carbonyl (C=O) groups is 2. The highest BCUT2D eigenvalue weighted by atomic mass is 19.1. The van der Waals surface area contributed by atoms with Gasteiger partial charge in [0.15, 0.2) is 12.2 Å². The first-order valence-corrected chi connectivity index (χ1v) is 10.7. The second-order valence-corrected chi connectivity index (χ2v) is 8.23. The minimum atomic E-state index is -1.87. The normalized spacial score (nSPS) is 14.5. The second kappa shape index (κ2) is 9.52. The van der Waals surface area contributed by atoms with Crippen molar-refractivity contribution in [2.75, 3.05) is 0 Å². The molecular weight excluding hydrogens is 423 g/mol. The molecule has 0 saturated heterocycles. The van der Waals surface area contributed by atoms with Gasteiger partial charge in [0.25, 0.3) is 11.8 Å². The lowest BCUT2D eigenvalue weighted by Crippen LogP contribution is -2.49. The van der Waals surface area contributed by atoms with E-state index in [0.717, 1.165) is 33.4 Å². The molecule has 2 unspecified atom stereocenters. The third-order valence-corrected chi connectivity index (χ3v) is 5.89. The molecule has 1 aliphatic rings. The monoisotopic (exact) mass is 448 g/mol. The summed E-state index contributed by atoms with van der Waals surface area (Å²) in [5.41, 5.74) is 5.38. The number of carbonyl (C=O) groups excluding carboxylic acids is 2. The highest BCUT2D eigenvalue weighted by Gasteiger charge is 2.35. The number of aryl methyl sites for hydroxylation is 1.